The predicted octanol–water partition coefficient (Wildman–Crippen LogP) is 4.86. The molecular formula is C19H30O. The molecule has 0 bridgehead atoms. The van der Waals surface area contributed by atoms with Crippen LogP contribution >= 0.6 is 0 Å². The van der Waals surface area contributed by atoms with E-state index in [0.29, 0.717) is 5.92 Å². The van der Waals surface area contributed by atoms with E-state index in [0.717, 1.165) is 19.3 Å². The van der Waals surface area contributed by atoms with Crippen molar-refractivity contribution in [2.75, 3.05) is 0 Å². The van der Waals surface area contributed by atoms with Gasteiger partial charge in [-0.25, -0.2) is 0 Å². The van der Waals surface area contributed by atoms with Crippen LogP contribution in [-0.2, 0) is 11.8 Å². The molecule has 20 heavy (non-hydrogen) atoms. The van der Waals surface area contributed by atoms with Gasteiger partial charge in [-0.15, -0.1) is 0 Å². The lowest BCUT2D eigenvalue weighted by atomic mass is 9.74. The second kappa shape index (κ2) is 5.89. The van der Waals surface area contributed by atoms with E-state index in [1.165, 1.54) is 30.4 Å². The quantitative estimate of drug-likeness (QED) is 0.834. The minimum absolute atomic E-state index is 0.202. The monoisotopic (exact) mass is 274 g/mol. The van der Waals surface area contributed by atoms with Gasteiger partial charge in [0.25, 0.3) is 0 Å². The molecule has 2 unspecified atom stereocenters. The van der Waals surface area contributed by atoms with Crippen molar-refractivity contribution in [2.45, 2.75) is 77.2 Å². The summed E-state index contributed by atoms with van der Waals surface area (Å²) < 4.78 is 0. The molecule has 1 saturated carbocycles. The standard InChI is InChI=1S/C19H30O/c1-5-15-7-6-12-19(20,13-15)14-16-8-10-17(11-9-16)18(2,3)4/h8-11,15,20H,5-7,12-14H2,1-4H3. The molecule has 0 heterocycles. The molecule has 0 radical (unpaired) electrons. The minimum atomic E-state index is -0.470. The summed E-state index contributed by atoms with van der Waals surface area (Å²) in [5, 5.41) is 10.9. The van der Waals surface area contributed by atoms with Crippen LogP contribution in [0.1, 0.15) is 70.9 Å². The van der Waals surface area contributed by atoms with Crippen molar-refractivity contribution in [3.63, 3.8) is 0 Å². The number of hydrogen-bond acceptors (Lipinski definition) is 1. The average molecular weight is 274 g/mol. The van der Waals surface area contributed by atoms with E-state index in [1.807, 2.05) is 0 Å². The highest BCUT2D eigenvalue weighted by Gasteiger charge is 2.33. The van der Waals surface area contributed by atoms with E-state index in [9.17, 15) is 5.11 Å². The Hall–Kier alpha value is -0.820. The van der Waals surface area contributed by atoms with Gasteiger partial charge < -0.3 is 5.11 Å². The molecule has 0 aromatic heterocycles. The van der Waals surface area contributed by atoms with Gasteiger partial charge in [-0.2, -0.15) is 0 Å². The van der Waals surface area contributed by atoms with Gasteiger partial charge in [0.05, 0.1) is 5.60 Å². The van der Waals surface area contributed by atoms with Crippen molar-refractivity contribution in [3.05, 3.63) is 35.4 Å². The van der Waals surface area contributed by atoms with Crippen LogP contribution in [0.2, 0.25) is 0 Å². The van der Waals surface area contributed by atoms with Gasteiger partial charge in [-0.1, -0.05) is 71.2 Å². The molecule has 2 atom stereocenters. The Bertz CT molecular complexity index is 426. The highest BCUT2D eigenvalue weighted by atomic mass is 16.3. The first-order valence-electron chi connectivity index (χ1n) is 8.14. The Morgan fingerprint density at radius 3 is 2.40 bits per heavy atom. The number of hydrogen-bond donors (Lipinski definition) is 1. The molecule has 1 aromatic rings. The van der Waals surface area contributed by atoms with Crippen LogP contribution in [0.4, 0.5) is 0 Å². The first-order valence-corrected chi connectivity index (χ1v) is 8.14. The summed E-state index contributed by atoms with van der Waals surface area (Å²) in [6.07, 6.45) is 6.42. The zero-order valence-electron chi connectivity index (χ0n) is 13.6. The third kappa shape index (κ3) is 3.85. The van der Waals surface area contributed by atoms with E-state index >= 15 is 0 Å². The Kier molecular flexibility index (Phi) is 4.59. The molecule has 1 fully saturated rings. The lowest BCUT2D eigenvalue weighted by molar-refractivity contribution is -0.0161. The van der Waals surface area contributed by atoms with Crippen LogP contribution in [0.15, 0.2) is 24.3 Å². The Labute approximate surface area is 124 Å². The molecule has 1 aliphatic carbocycles. The smallest absolute Gasteiger partial charge is 0.0690 e. The van der Waals surface area contributed by atoms with E-state index in [4.69, 9.17) is 0 Å². The van der Waals surface area contributed by atoms with Crippen LogP contribution in [0.25, 0.3) is 0 Å². The molecule has 2 rings (SSSR count). The molecule has 0 spiro atoms. The Morgan fingerprint density at radius 2 is 1.85 bits per heavy atom. The van der Waals surface area contributed by atoms with Crippen molar-refractivity contribution in [3.8, 4) is 0 Å². The lowest BCUT2D eigenvalue weighted by Gasteiger charge is -2.37. The Balaban J connectivity index is 2.06. The van der Waals surface area contributed by atoms with Crippen molar-refractivity contribution in [2.24, 2.45) is 5.92 Å². The molecule has 1 nitrogen and oxygen atoms in total. The topological polar surface area (TPSA) is 20.2 Å². The fourth-order valence-corrected chi connectivity index (χ4v) is 3.47. The van der Waals surface area contributed by atoms with E-state index in [-0.39, 0.29) is 5.41 Å². The summed E-state index contributed by atoms with van der Waals surface area (Å²) in [6.45, 7) is 8.96. The zero-order valence-corrected chi connectivity index (χ0v) is 13.6. The molecule has 0 aliphatic heterocycles. The average Bonchev–Trinajstić information content (AvgIpc) is 2.37. The zero-order chi connectivity index (χ0) is 14.8. The number of rotatable bonds is 3. The van der Waals surface area contributed by atoms with E-state index < -0.39 is 5.60 Å². The normalized spacial score (nSPS) is 27.6. The molecule has 1 aliphatic rings. The van der Waals surface area contributed by atoms with Crippen LogP contribution in [-0.4, -0.2) is 10.7 Å². The summed E-state index contributed by atoms with van der Waals surface area (Å²) in [6, 6.07) is 8.85. The van der Waals surface area contributed by atoms with Crippen molar-refractivity contribution >= 4 is 0 Å². The van der Waals surface area contributed by atoms with E-state index in [1.54, 1.807) is 0 Å². The summed E-state index contributed by atoms with van der Waals surface area (Å²) in [5.41, 5.74) is 2.37. The van der Waals surface area contributed by atoms with Crippen LogP contribution in [0.5, 0.6) is 0 Å². The van der Waals surface area contributed by atoms with Crippen LogP contribution < -0.4 is 0 Å². The fraction of sp³-hybridized carbons (Fsp3) is 0.684. The first-order chi connectivity index (χ1) is 9.32. The maximum Gasteiger partial charge on any atom is 0.0690 e. The van der Waals surface area contributed by atoms with Gasteiger partial charge in [0.1, 0.15) is 0 Å². The summed E-state index contributed by atoms with van der Waals surface area (Å²) in [7, 11) is 0. The third-order valence-corrected chi connectivity index (χ3v) is 4.85. The van der Waals surface area contributed by atoms with E-state index in [2.05, 4.69) is 52.0 Å². The second-order valence-corrected chi connectivity index (χ2v) is 7.72. The maximum atomic E-state index is 10.9. The van der Waals surface area contributed by atoms with Gasteiger partial charge in [0, 0.05) is 6.42 Å². The minimum Gasteiger partial charge on any atom is -0.390 e. The summed E-state index contributed by atoms with van der Waals surface area (Å²) >= 11 is 0. The van der Waals surface area contributed by atoms with Crippen LogP contribution in [0.3, 0.4) is 0 Å². The molecule has 112 valence electrons. The largest absolute Gasteiger partial charge is 0.390 e. The van der Waals surface area contributed by atoms with Gasteiger partial charge in [0.15, 0.2) is 0 Å². The van der Waals surface area contributed by atoms with Gasteiger partial charge in [-0.3, -0.25) is 0 Å². The molecule has 0 saturated heterocycles. The fourth-order valence-electron chi connectivity index (χ4n) is 3.47. The SMILES string of the molecule is CCC1CCCC(O)(Cc2ccc(C(C)(C)C)cc2)C1. The molecular weight excluding hydrogens is 244 g/mol. The summed E-state index contributed by atoms with van der Waals surface area (Å²) in [4.78, 5) is 0. The maximum absolute atomic E-state index is 10.9. The first kappa shape index (κ1) is 15.6. The van der Waals surface area contributed by atoms with Crippen molar-refractivity contribution in [1.29, 1.82) is 0 Å². The molecule has 1 heteroatoms. The second-order valence-electron chi connectivity index (χ2n) is 7.72. The van der Waals surface area contributed by atoms with Gasteiger partial charge in [-0.05, 0) is 35.3 Å². The third-order valence-electron chi connectivity index (χ3n) is 4.85. The molecule has 0 amide bonds. The molecule has 1 aromatic carbocycles. The highest BCUT2D eigenvalue weighted by molar-refractivity contribution is 5.28. The van der Waals surface area contributed by atoms with Gasteiger partial charge >= 0.3 is 0 Å². The highest BCUT2D eigenvalue weighted by Crippen LogP contribution is 2.36. The van der Waals surface area contributed by atoms with Crippen molar-refractivity contribution in [1.82, 2.24) is 0 Å². The van der Waals surface area contributed by atoms with Gasteiger partial charge in [0.2, 0.25) is 0 Å². The summed E-state index contributed by atoms with van der Waals surface area (Å²) in [5.74, 6) is 0.711. The van der Waals surface area contributed by atoms with Crippen molar-refractivity contribution < 1.29 is 5.11 Å². The van der Waals surface area contributed by atoms with Crippen LogP contribution in [0, 0.1) is 5.92 Å². The number of aliphatic hydroxyl groups is 1. The number of benzene rings is 1. The lowest BCUT2D eigenvalue weighted by Crippen LogP contribution is -2.37. The Morgan fingerprint density at radius 1 is 1.20 bits per heavy atom. The predicted molar refractivity (Wildman–Crippen MR) is 86.0 cm³/mol. The molecule has 1 N–H and O–H groups in total.